The average molecular weight is 440 g/mol. The number of anilines is 1. The van der Waals surface area contributed by atoms with E-state index in [-0.39, 0.29) is 17.0 Å². The first kappa shape index (κ1) is 20.2. The third kappa shape index (κ3) is 4.09. The summed E-state index contributed by atoms with van der Waals surface area (Å²) < 4.78 is 20.4. The molecule has 5 aromatic rings. The molecule has 0 saturated heterocycles. The molecule has 0 unspecified atom stereocenters. The van der Waals surface area contributed by atoms with Crippen molar-refractivity contribution in [3.05, 3.63) is 107 Å². The second kappa shape index (κ2) is 8.43. The number of hydrogen-bond donors (Lipinski definition) is 3. The number of carbonyl (C=O) groups is 1. The Kier molecular flexibility index (Phi) is 5.16. The number of amides is 1. The van der Waals surface area contributed by atoms with Crippen LogP contribution in [0.25, 0.3) is 22.2 Å². The normalized spacial score (nSPS) is 10.8. The van der Waals surface area contributed by atoms with Crippen LogP contribution in [-0.2, 0) is 0 Å². The fraction of sp³-hybridized carbons (Fsp3) is 0. The van der Waals surface area contributed by atoms with Crippen molar-refractivity contribution in [2.24, 2.45) is 0 Å². The van der Waals surface area contributed by atoms with E-state index in [1.807, 2.05) is 30.3 Å². The van der Waals surface area contributed by atoms with Crippen molar-refractivity contribution in [3.8, 4) is 22.6 Å². The van der Waals surface area contributed by atoms with Crippen molar-refractivity contribution in [1.82, 2.24) is 15.0 Å². The van der Waals surface area contributed by atoms with Crippen molar-refractivity contribution < 1.29 is 13.9 Å². The highest BCUT2D eigenvalue weighted by Gasteiger charge is 2.15. The van der Waals surface area contributed by atoms with E-state index in [0.717, 1.165) is 11.6 Å². The van der Waals surface area contributed by atoms with E-state index in [9.17, 15) is 14.0 Å². The monoisotopic (exact) mass is 440 g/mol. The third-order valence-electron chi connectivity index (χ3n) is 5.08. The van der Waals surface area contributed by atoms with Gasteiger partial charge in [-0.3, -0.25) is 9.59 Å². The molecule has 0 aliphatic heterocycles. The number of benzene rings is 2. The zero-order chi connectivity index (χ0) is 22.8. The molecular formula is C25H17FN4O3. The summed E-state index contributed by atoms with van der Waals surface area (Å²) in [6.45, 7) is 0. The zero-order valence-electron chi connectivity index (χ0n) is 17.1. The van der Waals surface area contributed by atoms with Gasteiger partial charge in [-0.1, -0.05) is 30.3 Å². The van der Waals surface area contributed by atoms with E-state index in [1.165, 1.54) is 18.2 Å². The van der Waals surface area contributed by atoms with E-state index in [0.29, 0.717) is 22.3 Å². The van der Waals surface area contributed by atoms with Crippen LogP contribution < -0.4 is 15.6 Å². The summed E-state index contributed by atoms with van der Waals surface area (Å²) in [5.41, 5.74) is 1.73. The first-order valence-corrected chi connectivity index (χ1v) is 10.1. The zero-order valence-corrected chi connectivity index (χ0v) is 17.1. The molecule has 3 heterocycles. The van der Waals surface area contributed by atoms with Crippen LogP contribution in [0.2, 0.25) is 0 Å². The number of aromatic nitrogens is 3. The maximum Gasteiger partial charge on any atom is 0.261 e. The molecule has 5 rings (SSSR count). The molecule has 3 aromatic heterocycles. The van der Waals surface area contributed by atoms with Crippen LogP contribution in [0.5, 0.6) is 11.5 Å². The molecular weight excluding hydrogens is 423 g/mol. The molecule has 0 aliphatic carbocycles. The number of rotatable bonds is 5. The number of hydrogen-bond acceptors (Lipinski definition) is 4. The standard InChI is InChI=1S/C25H17FN4O3/c26-20-13-17(6-7-22(20)33-21-9-11-28-23-18(21)8-10-27-23)30-25(32)19-12-16(14-29-24(19)31)15-4-2-1-3-5-15/h1-14H,(H,27,28)(H,29,31)(H,30,32). The minimum absolute atomic E-state index is 0.00868. The van der Waals surface area contributed by atoms with Gasteiger partial charge in [0.2, 0.25) is 0 Å². The summed E-state index contributed by atoms with van der Waals surface area (Å²) >= 11 is 0. The van der Waals surface area contributed by atoms with Gasteiger partial charge in [0.25, 0.3) is 11.5 Å². The van der Waals surface area contributed by atoms with Crippen molar-refractivity contribution in [2.75, 3.05) is 5.32 Å². The van der Waals surface area contributed by atoms with Gasteiger partial charge in [-0.2, -0.15) is 0 Å². The predicted octanol–water partition coefficient (Wildman–Crippen LogP) is 5.10. The van der Waals surface area contributed by atoms with Crippen LogP contribution >= 0.6 is 0 Å². The van der Waals surface area contributed by atoms with E-state index in [1.54, 1.807) is 30.7 Å². The Morgan fingerprint density at radius 3 is 2.61 bits per heavy atom. The van der Waals surface area contributed by atoms with Gasteiger partial charge in [0.15, 0.2) is 11.6 Å². The lowest BCUT2D eigenvalue weighted by Gasteiger charge is -2.10. The van der Waals surface area contributed by atoms with Gasteiger partial charge in [-0.25, -0.2) is 9.37 Å². The van der Waals surface area contributed by atoms with Gasteiger partial charge in [-0.15, -0.1) is 0 Å². The van der Waals surface area contributed by atoms with Crippen LogP contribution in [0.3, 0.4) is 0 Å². The molecule has 0 atom stereocenters. The first-order chi connectivity index (χ1) is 16.1. The minimum Gasteiger partial charge on any atom is -0.453 e. The number of carbonyl (C=O) groups excluding carboxylic acids is 1. The third-order valence-corrected chi connectivity index (χ3v) is 5.08. The number of nitrogens with one attached hydrogen (secondary N) is 3. The fourth-order valence-corrected chi connectivity index (χ4v) is 3.45. The Labute approximate surface area is 186 Å². The summed E-state index contributed by atoms with van der Waals surface area (Å²) in [5, 5.41) is 3.28. The summed E-state index contributed by atoms with van der Waals surface area (Å²) in [6, 6.07) is 18.3. The molecule has 1 amide bonds. The summed E-state index contributed by atoms with van der Waals surface area (Å²) in [7, 11) is 0. The highest BCUT2D eigenvalue weighted by atomic mass is 19.1. The quantitative estimate of drug-likeness (QED) is 0.354. The largest absolute Gasteiger partial charge is 0.453 e. The topological polar surface area (TPSA) is 99.9 Å². The van der Waals surface area contributed by atoms with Gasteiger partial charge in [0.1, 0.15) is 17.0 Å². The van der Waals surface area contributed by atoms with E-state index in [2.05, 4.69) is 20.3 Å². The molecule has 0 saturated carbocycles. The highest BCUT2D eigenvalue weighted by Crippen LogP contribution is 2.31. The molecule has 8 heteroatoms. The van der Waals surface area contributed by atoms with Crippen LogP contribution in [0, 0.1) is 5.82 Å². The lowest BCUT2D eigenvalue weighted by Crippen LogP contribution is -2.23. The Morgan fingerprint density at radius 2 is 1.79 bits per heavy atom. The average Bonchev–Trinajstić information content (AvgIpc) is 3.31. The van der Waals surface area contributed by atoms with E-state index >= 15 is 0 Å². The van der Waals surface area contributed by atoms with E-state index in [4.69, 9.17) is 4.74 Å². The van der Waals surface area contributed by atoms with Gasteiger partial charge in [0.05, 0.1) is 5.39 Å². The minimum atomic E-state index is -0.666. The fourth-order valence-electron chi connectivity index (χ4n) is 3.45. The SMILES string of the molecule is O=C(Nc1ccc(Oc2ccnc3[nH]ccc23)c(F)c1)c1cc(-c2ccccc2)c[nH]c1=O. The van der Waals surface area contributed by atoms with Crippen LogP contribution in [-0.4, -0.2) is 20.9 Å². The molecule has 0 bridgehead atoms. The molecule has 162 valence electrons. The molecule has 33 heavy (non-hydrogen) atoms. The lowest BCUT2D eigenvalue weighted by molar-refractivity contribution is 0.102. The van der Waals surface area contributed by atoms with Gasteiger partial charge in [0, 0.05) is 30.3 Å². The molecule has 2 aromatic carbocycles. The summed E-state index contributed by atoms with van der Waals surface area (Å²) in [4.78, 5) is 34.7. The van der Waals surface area contributed by atoms with Gasteiger partial charge < -0.3 is 20.0 Å². The number of halogens is 1. The van der Waals surface area contributed by atoms with Gasteiger partial charge in [-0.05, 0) is 41.5 Å². The van der Waals surface area contributed by atoms with E-state index < -0.39 is 17.3 Å². The van der Waals surface area contributed by atoms with Crippen LogP contribution in [0.1, 0.15) is 10.4 Å². The van der Waals surface area contributed by atoms with Gasteiger partial charge >= 0.3 is 0 Å². The number of ether oxygens (including phenoxy) is 1. The Balaban J connectivity index is 1.37. The molecule has 0 aliphatic rings. The smallest absolute Gasteiger partial charge is 0.261 e. The number of nitrogens with zero attached hydrogens (tertiary/aromatic N) is 1. The second-order valence-electron chi connectivity index (χ2n) is 7.25. The van der Waals surface area contributed by atoms with Crippen LogP contribution in [0.15, 0.2) is 90.1 Å². The molecule has 3 N–H and O–H groups in total. The summed E-state index contributed by atoms with van der Waals surface area (Å²) in [5.74, 6) is -0.877. The second-order valence-corrected chi connectivity index (χ2v) is 7.25. The maximum absolute atomic E-state index is 14.7. The number of pyridine rings is 2. The molecule has 0 spiro atoms. The Bertz CT molecular complexity index is 1530. The van der Waals surface area contributed by atoms with Crippen molar-refractivity contribution in [1.29, 1.82) is 0 Å². The first-order valence-electron chi connectivity index (χ1n) is 10.1. The van der Waals surface area contributed by atoms with Crippen molar-refractivity contribution in [2.45, 2.75) is 0 Å². The Hall–Kier alpha value is -4.72. The Morgan fingerprint density at radius 1 is 0.939 bits per heavy atom. The van der Waals surface area contributed by atoms with Crippen molar-refractivity contribution in [3.63, 3.8) is 0 Å². The van der Waals surface area contributed by atoms with Crippen LogP contribution in [0.4, 0.5) is 10.1 Å². The molecule has 7 nitrogen and oxygen atoms in total. The highest BCUT2D eigenvalue weighted by molar-refractivity contribution is 6.04. The summed E-state index contributed by atoms with van der Waals surface area (Å²) in [6.07, 6.45) is 4.82. The maximum atomic E-state index is 14.7. The lowest BCUT2D eigenvalue weighted by atomic mass is 10.1. The number of H-pyrrole nitrogens is 2. The molecule has 0 radical (unpaired) electrons. The number of fused-ring (bicyclic) bond motifs is 1. The number of aromatic amines is 2. The van der Waals surface area contributed by atoms with Crippen molar-refractivity contribution >= 4 is 22.6 Å². The predicted molar refractivity (Wildman–Crippen MR) is 123 cm³/mol. The molecule has 0 fully saturated rings.